The van der Waals surface area contributed by atoms with Crippen molar-refractivity contribution in [3.05, 3.63) is 35.4 Å². The Hall–Kier alpha value is -2.45. The van der Waals surface area contributed by atoms with Gasteiger partial charge >= 0.3 is 5.97 Å². The number of aliphatic hydroxyl groups excluding tert-OH is 1. The van der Waals surface area contributed by atoms with E-state index in [0.717, 1.165) is 5.56 Å². The second kappa shape index (κ2) is 9.14. The van der Waals surface area contributed by atoms with Gasteiger partial charge in [0.2, 0.25) is 6.41 Å². The number of ether oxygens (including phenoxy) is 1. The van der Waals surface area contributed by atoms with Gasteiger partial charge in [-0.25, -0.2) is 9.86 Å². The molecule has 0 aliphatic rings. The van der Waals surface area contributed by atoms with E-state index in [9.17, 15) is 14.4 Å². The number of nitrogens with one attached hydrogen (secondary N) is 1. The van der Waals surface area contributed by atoms with Crippen LogP contribution in [0.2, 0.25) is 0 Å². The van der Waals surface area contributed by atoms with Crippen LogP contribution in [0.3, 0.4) is 0 Å². The van der Waals surface area contributed by atoms with Gasteiger partial charge < -0.3 is 15.2 Å². The highest BCUT2D eigenvalue weighted by Crippen LogP contribution is 2.13. The predicted octanol–water partition coefficient (Wildman–Crippen LogP) is 0.639. The number of benzene rings is 1. The summed E-state index contributed by atoms with van der Waals surface area (Å²) >= 11 is 0. The minimum Gasteiger partial charge on any atom is -0.467 e. The van der Waals surface area contributed by atoms with Crippen molar-refractivity contribution < 1.29 is 29.1 Å². The molecule has 0 aliphatic carbocycles. The van der Waals surface area contributed by atoms with Gasteiger partial charge in [0, 0.05) is 5.56 Å². The molecule has 1 aromatic carbocycles. The number of carbonyl (C=O) groups is 3. The molecular weight excluding hydrogens is 328 g/mol. The van der Waals surface area contributed by atoms with Crippen LogP contribution in [0.1, 0.15) is 36.7 Å². The topological polar surface area (TPSA) is 105 Å². The molecule has 1 rings (SSSR count). The third-order valence-corrected chi connectivity index (χ3v) is 3.04. The summed E-state index contributed by atoms with van der Waals surface area (Å²) in [7, 11) is 1.17. The standard InChI is InChI=1S/C17H24N2O6/c1-17(2,3)25-19(11-21)9-12-5-7-13(8-6-12)15(22)18-14(10-20)16(23)24-4/h5-8,11,14,20H,9-10H2,1-4H3,(H,18,22). The molecule has 138 valence electrons. The van der Waals surface area contributed by atoms with Crippen molar-refractivity contribution in [2.75, 3.05) is 13.7 Å². The van der Waals surface area contributed by atoms with Gasteiger partial charge in [0.15, 0.2) is 6.04 Å². The van der Waals surface area contributed by atoms with Crippen molar-refractivity contribution in [1.29, 1.82) is 0 Å². The Kier molecular flexibility index (Phi) is 7.53. The number of esters is 1. The van der Waals surface area contributed by atoms with Crippen molar-refractivity contribution in [2.24, 2.45) is 0 Å². The summed E-state index contributed by atoms with van der Waals surface area (Å²) in [5.41, 5.74) is 0.563. The number of rotatable bonds is 8. The highest BCUT2D eigenvalue weighted by atomic mass is 16.7. The molecule has 1 unspecified atom stereocenters. The summed E-state index contributed by atoms with van der Waals surface area (Å²) in [6.45, 7) is 5.15. The lowest BCUT2D eigenvalue weighted by Gasteiger charge is -2.26. The third-order valence-electron chi connectivity index (χ3n) is 3.04. The van der Waals surface area contributed by atoms with Crippen LogP contribution >= 0.6 is 0 Å². The average molecular weight is 352 g/mol. The maximum atomic E-state index is 12.1. The van der Waals surface area contributed by atoms with Gasteiger partial charge in [0.05, 0.1) is 25.9 Å². The lowest BCUT2D eigenvalue weighted by Crippen LogP contribution is -2.44. The molecule has 1 aromatic rings. The van der Waals surface area contributed by atoms with Gasteiger partial charge in [0.25, 0.3) is 5.91 Å². The zero-order valence-corrected chi connectivity index (χ0v) is 14.8. The molecule has 0 heterocycles. The maximum absolute atomic E-state index is 12.1. The Balaban J connectivity index is 2.73. The number of methoxy groups -OCH3 is 1. The number of hydrogen-bond acceptors (Lipinski definition) is 6. The molecule has 0 bridgehead atoms. The summed E-state index contributed by atoms with van der Waals surface area (Å²) in [4.78, 5) is 40.0. The van der Waals surface area contributed by atoms with E-state index in [4.69, 9.17) is 9.94 Å². The van der Waals surface area contributed by atoms with E-state index < -0.39 is 30.1 Å². The molecule has 2 amide bonds. The summed E-state index contributed by atoms with van der Waals surface area (Å²) < 4.78 is 4.49. The fraction of sp³-hybridized carbons (Fsp3) is 0.471. The number of hydroxylamine groups is 2. The fourth-order valence-corrected chi connectivity index (χ4v) is 1.95. The Morgan fingerprint density at radius 2 is 1.88 bits per heavy atom. The van der Waals surface area contributed by atoms with Crippen molar-refractivity contribution in [2.45, 2.75) is 39.0 Å². The molecule has 0 fully saturated rings. The fourth-order valence-electron chi connectivity index (χ4n) is 1.95. The smallest absolute Gasteiger partial charge is 0.330 e. The predicted molar refractivity (Wildman–Crippen MR) is 89.2 cm³/mol. The van der Waals surface area contributed by atoms with E-state index >= 15 is 0 Å². The van der Waals surface area contributed by atoms with Crippen LogP contribution in [0.25, 0.3) is 0 Å². The maximum Gasteiger partial charge on any atom is 0.330 e. The first-order chi connectivity index (χ1) is 11.7. The largest absolute Gasteiger partial charge is 0.467 e. The second-order valence-corrected chi connectivity index (χ2v) is 6.31. The molecule has 0 aromatic heterocycles. The zero-order chi connectivity index (χ0) is 19.0. The van der Waals surface area contributed by atoms with Crippen molar-refractivity contribution in [3.8, 4) is 0 Å². The lowest BCUT2D eigenvalue weighted by molar-refractivity contribution is -0.220. The Morgan fingerprint density at radius 3 is 2.32 bits per heavy atom. The first kappa shape index (κ1) is 20.6. The SMILES string of the molecule is COC(=O)C(CO)NC(=O)c1ccc(CN(C=O)OC(C)(C)C)cc1. The summed E-state index contributed by atoms with van der Waals surface area (Å²) in [6.07, 6.45) is 0.591. The molecule has 1 atom stereocenters. The van der Waals surface area contributed by atoms with E-state index in [1.54, 1.807) is 24.3 Å². The Morgan fingerprint density at radius 1 is 1.28 bits per heavy atom. The minimum atomic E-state index is -1.12. The van der Waals surface area contributed by atoms with Crippen LogP contribution in [-0.4, -0.2) is 53.8 Å². The first-order valence-electron chi connectivity index (χ1n) is 7.69. The molecule has 8 heteroatoms. The van der Waals surface area contributed by atoms with Gasteiger partial charge in [-0.3, -0.25) is 14.4 Å². The van der Waals surface area contributed by atoms with Crippen LogP contribution in [0.5, 0.6) is 0 Å². The molecule has 0 radical (unpaired) electrons. The van der Waals surface area contributed by atoms with E-state index in [1.165, 1.54) is 12.2 Å². The summed E-state index contributed by atoms with van der Waals surface area (Å²) in [6, 6.07) is 5.32. The normalized spacial score (nSPS) is 12.2. The summed E-state index contributed by atoms with van der Waals surface area (Å²) in [5.74, 6) is -1.25. The molecule has 8 nitrogen and oxygen atoms in total. The van der Waals surface area contributed by atoms with Crippen molar-refractivity contribution in [3.63, 3.8) is 0 Å². The highest BCUT2D eigenvalue weighted by molar-refractivity contribution is 5.96. The van der Waals surface area contributed by atoms with Gasteiger partial charge in [-0.2, -0.15) is 0 Å². The van der Waals surface area contributed by atoms with Crippen LogP contribution in [0.4, 0.5) is 0 Å². The molecule has 25 heavy (non-hydrogen) atoms. The molecule has 0 saturated carbocycles. The molecule has 2 N–H and O–H groups in total. The van der Waals surface area contributed by atoms with Crippen molar-refractivity contribution in [1.82, 2.24) is 10.4 Å². The van der Waals surface area contributed by atoms with Crippen LogP contribution < -0.4 is 5.32 Å². The van der Waals surface area contributed by atoms with Crippen LogP contribution in [0, 0.1) is 0 Å². The Bertz CT molecular complexity index is 594. The van der Waals surface area contributed by atoms with Gasteiger partial charge in [0.1, 0.15) is 0 Å². The van der Waals surface area contributed by atoms with E-state index in [2.05, 4.69) is 10.1 Å². The third kappa shape index (κ3) is 6.90. The van der Waals surface area contributed by atoms with Crippen LogP contribution in [-0.2, 0) is 25.7 Å². The molecule has 0 saturated heterocycles. The van der Waals surface area contributed by atoms with E-state index in [-0.39, 0.29) is 6.54 Å². The second-order valence-electron chi connectivity index (χ2n) is 6.31. The Labute approximate surface area is 146 Å². The number of aliphatic hydroxyl groups is 1. The number of amides is 2. The number of hydrogen-bond donors (Lipinski definition) is 2. The number of carbonyl (C=O) groups excluding carboxylic acids is 3. The van der Waals surface area contributed by atoms with Crippen LogP contribution in [0.15, 0.2) is 24.3 Å². The molecular formula is C17H24N2O6. The molecule has 0 aliphatic heterocycles. The lowest BCUT2D eigenvalue weighted by atomic mass is 10.1. The number of nitrogens with zero attached hydrogens (tertiary/aromatic N) is 1. The highest BCUT2D eigenvalue weighted by Gasteiger charge is 2.21. The van der Waals surface area contributed by atoms with E-state index in [0.29, 0.717) is 12.0 Å². The van der Waals surface area contributed by atoms with E-state index in [1.807, 2.05) is 20.8 Å². The minimum absolute atomic E-state index is 0.226. The van der Waals surface area contributed by atoms with Crippen molar-refractivity contribution >= 4 is 18.3 Å². The van der Waals surface area contributed by atoms with Gasteiger partial charge in [-0.15, -0.1) is 0 Å². The monoisotopic (exact) mass is 352 g/mol. The summed E-state index contributed by atoms with van der Waals surface area (Å²) in [5, 5.41) is 12.7. The first-order valence-corrected chi connectivity index (χ1v) is 7.69. The quantitative estimate of drug-likeness (QED) is 0.404. The molecule has 0 spiro atoms. The zero-order valence-electron chi connectivity index (χ0n) is 14.8. The average Bonchev–Trinajstić information content (AvgIpc) is 2.57. The van der Waals surface area contributed by atoms with Gasteiger partial charge in [-0.1, -0.05) is 12.1 Å². The van der Waals surface area contributed by atoms with Gasteiger partial charge in [-0.05, 0) is 38.5 Å².